The van der Waals surface area contributed by atoms with Crippen molar-refractivity contribution in [2.45, 2.75) is 31.6 Å². The first-order valence-corrected chi connectivity index (χ1v) is 12.8. The highest BCUT2D eigenvalue weighted by Gasteiger charge is 2.50. The second-order valence-electron chi connectivity index (χ2n) is 9.10. The molecular weight excluding hydrogens is 504 g/mol. The van der Waals surface area contributed by atoms with Crippen molar-refractivity contribution in [2.75, 3.05) is 53.0 Å². The third-order valence-corrected chi connectivity index (χ3v) is 6.38. The number of fused-ring (bicyclic) bond motifs is 1. The summed E-state index contributed by atoms with van der Waals surface area (Å²) >= 11 is 0. The Hall–Kier alpha value is -4.08. The second kappa shape index (κ2) is 14.8. The van der Waals surface area contributed by atoms with E-state index in [2.05, 4.69) is 23.1 Å². The van der Waals surface area contributed by atoms with Crippen molar-refractivity contribution in [3.63, 3.8) is 0 Å². The first-order chi connectivity index (χ1) is 18.9. The fourth-order valence-electron chi connectivity index (χ4n) is 4.62. The predicted molar refractivity (Wildman–Crippen MR) is 143 cm³/mol. The van der Waals surface area contributed by atoms with Gasteiger partial charge in [0.15, 0.2) is 0 Å². The third kappa shape index (κ3) is 7.95. The molecular formula is C27H36N6O6. The van der Waals surface area contributed by atoms with Crippen molar-refractivity contribution in [3.8, 4) is 12.3 Å². The van der Waals surface area contributed by atoms with E-state index in [0.29, 0.717) is 13.0 Å². The van der Waals surface area contributed by atoms with E-state index in [-0.39, 0.29) is 70.3 Å². The molecule has 1 aromatic carbocycles. The van der Waals surface area contributed by atoms with Gasteiger partial charge in [-0.15, -0.1) is 6.42 Å². The number of nitrogens with one attached hydrogen (secondary N) is 2. The number of piperazine rings is 1. The lowest BCUT2D eigenvalue weighted by atomic mass is 10.0. The SMILES string of the molecule is C#CCOCCN1CC2N(C(=O)CN(C)N2C(=O)NCc2ccccc2)[C@@H](CCCNC(=O)OCC=C)C1=O. The lowest BCUT2D eigenvalue weighted by molar-refractivity contribution is -0.187. The van der Waals surface area contributed by atoms with E-state index in [1.54, 1.807) is 17.0 Å². The predicted octanol–water partition coefficient (Wildman–Crippen LogP) is 0.766. The molecule has 0 saturated carbocycles. The quantitative estimate of drug-likeness (QED) is 0.228. The monoisotopic (exact) mass is 540 g/mol. The van der Waals surface area contributed by atoms with Crippen LogP contribution in [0.15, 0.2) is 43.0 Å². The Morgan fingerprint density at radius 3 is 2.72 bits per heavy atom. The molecule has 0 aliphatic carbocycles. The zero-order valence-electron chi connectivity index (χ0n) is 22.2. The molecule has 2 fully saturated rings. The first kappa shape index (κ1) is 29.5. The van der Waals surface area contributed by atoms with E-state index < -0.39 is 18.3 Å². The molecule has 0 bridgehead atoms. The molecule has 3 rings (SSSR count). The van der Waals surface area contributed by atoms with Gasteiger partial charge in [-0.2, -0.15) is 0 Å². The molecule has 2 saturated heterocycles. The number of ether oxygens (including phenoxy) is 2. The zero-order valence-corrected chi connectivity index (χ0v) is 22.2. The number of likely N-dealkylation sites (N-methyl/N-ethyl adjacent to an activating group) is 1. The molecule has 2 aliphatic heterocycles. The van der Waals surface area contributed by atoms with Crippen molar-refractivity contribution >= 4 is 23.9 Å². The van der Waals surface area contributed by atoms with E-state index in [4.69, 9.17) is 15.9 Å². The standard InChI is InChI=1S/C27H36N6O6/c1-4-15-38-17-14-31-19-23-32(22(25(31)35)12-9-13-28-27(37)39-16-5-2)24(34)20-30(3)33(23)26(36)29-18-21-10-7-6-8-11-21/h1,5-8,10-11,22-23H,2,9,12-20H2,3H3,(H,28,37)(H,29,36)/t22-,23?/m0/s1. The molecule has 2 atom stereocenters. The lowest BCUT2D eigenvalue weighted by Gasteiger charge is -2.54. The van der Waals surface area contributed by atoms with Crippen molar-refractivity contribution in [2.24, 2.45) is 0 Å². The maximum absolute atomic E-state index is 13.5. The minimum absolute atomic E-state index is 0.0591. The van der Waals surface area contributed by atoms with Gasteiger partial charge in [0.05, 0.1) is 19.7 Å². The van der Waals surface area contributed by atoms with Crippen LogP contribution in [-0.2, 0) is 25.6 Å². The summed E-state index contributed by atoms with van der Waals surface area (Å²) < 4.78 is 10.3. The fraction of sp³-hybridized carbons (Fsp3) is 0.481. The van der Waals surface area contributed by atoms with Crippen LogP contribution in [-0.4, -0.2) is 109 Å². The Kier molecular flexibility index (Phi) is 11.1. The number of amides is 5. The summed E-state index contributed by atoms with van der Waals surface area (Å²) in [6.07, 6.45) is 6.10. The van der Waals surface area contributed by atoms with Crippen LogP contribution in [0.5, 0.6) is 0 Å². The Balaban J connectivity index is 1.75. The minimum Gasteiger partial charge on any atom is -0.445 e. The second-order valence-corrected chi connectivity index (χ2v) is 9.10. The highest BCUT2D eigenvalue weighted by atomic mass is 16.5. The molecule has 0 aromatic heterocycles. The molecule has 0 radical (unpaired) electrons. The summed E-state index contributed by atoms with van der Waals surface area (Å²) in [6, 6.07) is 8.30. The number of alkyl carbamates (subject to hydrolysis) is 1. The number of carbonyl (C=O) groups excluding carboxylic acids is 4. The van der Waals surface area contributed by atoms with Gasteiger partial charge in [-0.3, -0.25) is 9.59 Å². The minimum atomic E-state index is -0.812. The smallest absolute Gasteiger partial charge is 0.407 e. The van der Waals surface area contributed by atoms with Crippen LogP contribution in [0.1, 0.15) is 18.4 Å². The molecule has 2 aliphatic rings. The molecule has 1 aromatic rings. The van der Waals surface area contributed by atoms with Crippen molar-refractivity contribution in [1.29, 1.82) is 0 Å². The number of hydrazine groups is 1. The largest absolute Gasteiger partial charge is 0.445 e. The molecule has 2 N–H and O–H groups in total. The van der Waals surface area contributed by atoms with Crippen LogP contribution in [0, 0.1) is 12.3 Å². The van der Waals surface area contributed by atoms with Crippen molar-refractivity contribution < 1.29 is 28.7 Å². The van der Waals surface area contributed by atoms with E-state index in [1.165, 1.54) is 16.0 Å². The maximum Gasteiger partial charge on any atom is 0.407 e. The molecule has 12 heteroatoms. The summed E-state index contributed by atoms with van der Waals surface area (Å²) in [5.41, 5.74) is 0.932. The van der Waals surface area contributed by atoms with Gasteiger partial charge in [0, 0.05) is 26.7 Å². The summed E-state index contributed by atoms with van der Waals surface area (Å²) in [5, 5.41) is 8.60. The van der Waals surface area contributed by atoms with E-state index in [9.17, 15) is 19.2 Å². The molecule has 2 heterocycles. The molecule has 1 unspecified atom stereocenters. The molecule has 210 valence electrons. The van der Waals surface area contributed by atoms with Crippen LogP contribution in [0.4, 0.5) is 9.59 Å². The average molecular weight is 541 g/mol. The number of rotatable bonds is 12. The van der Waals surface area contributed by atoms with Gasteiger partial charge in [0.1, 0.15) is 25.4 Å². The molecule has 39 heavy (non-hydrogen) atoms. The third-order valence-electron chi connectivity index (χ3n) is 6.38. The number of carbonyl (C=O) groups is 4. The topological polar surface area (TPSA) is 124 Å². The number of benzene rings is 1. The number of urea groups is 1. The lowest BCUT2D eigenvalue weighted by Crippen LogP contribution is -2.76. The van der Waals surface area contributed by atoms with Crippen molar-refractivity contribution in [1.82, 2.24) is 30.5 Å². The first-order valence-electron chi connectivity index (χ1n) is 12.8. The van der Waals surface area contributed by atoms with Gasteiger partial charge in [-0.25, -0.2) is 19.6 Å². The van der Waals surface area contributed by atoms with Crippen LogP contribution in [0.25, 0.3) is 0 Å². The van der Waals surface area contributed by atoms with Gasteiger partial charge < -0.3 is 29.9 Å². The number of terminal acetylenes is 1. The number of nitrogens with zero attached hydrogens (tertiary/aromatic N) is 4. The van der Waals surface area contributed by atoms with Gasteiger partial charge >= 0.3 is 12.1 Å². The molecule has 0 spiro atoms. The zero-order chi connectivity index (χ0) is 28.2. The van der Waals surface area contributed by atoms with Gasteiger partial charge in [0.25, 0.3) is 0 Å². The van der Waals surface area contributed by atoms with Gasteiger partial charge in [-0.05, 0) is 18.4 Å². The Morgan fingerprint density at radius 1 is 1.23 bits per heavy atom. The Morgan fingerprint density at radius 2 is 2.00 bits per heavy atom. The number of hydrogen-bond donors (Lipinski definition) is 2. The summed E-state index contributed by atoms with van der Waals surface area (Å²) in [7, 11) is 1.67. The van der Waals surface area contributed by atoms with E-state index >= 15 is 0 Å². The van der Waals surface area contributed by atoms with Crippen LogP contribution < -0.4 is 10.6 Å². The summed E-state index contributed by atoms with van der Waals surface area (Å²) in [4.78, 5) is 54.9. The molecule has 12 nitrogen and oxygen atoms in total. The number of hydrogen-bond acceptors (Lipinski definition) is 7. The Bertz CT molecular complexity index is 1060. The summed E-state index contributed by atoms with van der Waals surface area (Å²) in [6.45, 7) is 4.79. The van der Waals surface area contributed by atoms with Crippen LogP contribution in [0.3, 0.4) is 0 Å². The highest BCUT2D eigenvalue weighted by Crippen LogP contribution is 2.27. The average Bonchev–Trinajstić information content (AvgIpc) is 2.93. The molecule has 5 amide bonds. The van der Waals surface area contributed by atoms with Gasteiger partial charge in [-0.1, -0.05) is 48.9 Å². The van der Waals surface area contributed by atoms with E-state index in [0.717, 1.165) is 5.56 Å². The summed E-state index contributed by atoms with van der Waals surface area (Å²) in [5.74, 6) is 1.89. The Labute approximate surface area is 228 Å². The van der Waals surface area contributed by atoms with Crippen LogP contribution in [0.2, 0.25) is 0 Å². The normalized spacial score (nSPS) is 19.2. The highest BCUT2D eigenvalue weighted by molar-refractivity contribution is 5.91. The maximum atomic E-state index is 13.5. The van der Waals surface area contributed by atoms with Crippen molar-refractivity contribution in [3.05, 3.63) is 48.6 Å². The van der Waals surface area contributed by atoms with Gasteiger partial charge in [0.2, 0.25) is 11.8 Å². The fourth-order valence-corrected chi connectivity index (χ4v) is 4.62. The van der Waals surface area contributed by atoms with Crippen LogP contribution >= 0.6 is 0 Å². The van der Waals surface area contributed by atoms with E-state index in [1.807, 2.05) is 30.3 Å².